The molecule has 10 heteroatoms. The molecule has 0 spiro atoms. The second-order valence-electron chi connectivity index (χ2n) is 4.41. The van der Waals surface area contributed by atoms with Gasteiger partial charge in [0.05, 0.1) is 26.0 Å². The molecule has 1 heterocycles. The van der Waals surface area contributed by atoms with E-state index >= 15 is 0 Å². The molecule has 0 saturated carbocycles. The molecular weight excluding hydrogens is 328 g/mol. The van der Waals surface area contributed by atoms with Crippen molar-refractivity contribution in [2.24, 2.45) is 0 Å². The second-order valence-corrected chi connectivity index (χ2v) is 10.6. The summed E-state index contributed by atoms with van der Waals surface area (Å²) in [6.45, 7) is 0. The topological polar surface area (TPSA) is 125 Å². The SMILES string of the molecule is O=S(=O)([O-])[C@@H]1CCS(=O)(=O)[C@@H]1S(=O)(=O)c1ccccc1. The highest BCUT2D eigenvalue weighted by Crippen LogP contribution is 2.33. The Morgan fingerprint density at radius 1 is 1.05 bits per heavy atom. The fourth-order valence-corrected chi connectivity index (χ4v) is 9.69. The molecule has 0 aromatic heterocycles. The van der Waals surface area contributed by atoms with E-state index in [9.17, 15) is 29.8 Å². The van der Waals surface area contributed by atoms with Gasteiger partial charge in [0.25, 0.3) is 0 Å². The molecule has 1 saturated heterocycles. The number of rotatable bonds is 3. The van der Waals surface area contributed by atoms with Gasteiger partial charge in [-0.2, -0.15) is 0 Å². The highest BCUT2D eigenvalue weighted by atomic mass is 32.3. The Kier molecular flexibility index (Phi) is 3.70. The van der Waals surface area contributed by atoms with E-state index in [2.05, 4.69) is 0 Å². The van der Waals surface area contributed by atoms with Crippen LogP contribution in [0.3, 0.4) is 0 Å². The Labute approximate surface area is 117 Å². The Bertz CT molecular complexity index is 807. The molecule has 2 atom stereocenters. The summed E-state index contributed by atoms with van der Waals surface area (Å²) in [4.78, 5) is -0.316. The highest BCUT2D eigenvalue weighted by molar-refractivity contribution is 8.10. The van der Waals surface area contributed by atoms with E-state index in [0.29, 0.717) is 0 Å². The van der Waals surface area contributed by atoms with Crippen LogP contribution in [0, 0.1) is 0 Å². The fourth-order valence-electron chi connectivity index (χ4n) is 2.18. The van der Waals surface area contributed by atoms with Crippen LogP contribution in [0.5, 0.6) is 0 Å². The summed E-state index contributed by atoms with van der Waals surface area (Å²) in [6, 6.07) is 6.63. The van der Waals surface area contributed by atoms with Crippen LogP contribution < -0.4 is 0 Å². The Morgan fingerprint density at radius 3 is 2.10 bits per heavy atom. The number of hydrogen-bond donors (Lipinski definition) is 0. The summed E-state index contributed by atoms with van der Waals surface area (Å²) >= 11 is 0. The molecule has 20 heavy (non-hydrogen) atoms. The van der Waals surface area contributed by atoms with E-state index in [0.717, 1.165) is 12.1 Å². The Morgan fingerprint density at radius 2 is 1.60 bits per heavy atom. The lowest BCUT2D eigenvalue weighted by atomic mass is 10.4. The number of benzene rings is 1. The molecular formula is C10H11O7S3-. The highest BCUT2D eigenvalue weighted by Gasteiger charge is 2.52. The maximum atomic E-state index is 12.3. The smallest absolute Gasteiger partial charge is 0.196 e. The molecule has 1 aromatic carbocycles. The average Bonchev–Trinajstić information content (AvgIpc) is 2.66. The van der Waals surface area contributed by atoms with Gasteiger partial charge in [-0.1, -0.05) is 18.2 Å². The molecule has 0 N–H and O–H groups in total. The summed E-state index contributed by atoms with van der Waals surface area (Å²) < 4.78 is 79.5. The predicted octanol–water partition coefficient (Wildman–Crippen LogP) is -0.481. The third-order valence-electron chi connectivity index (χ3n) is 3.09. The first-order chi connectivity index (χ1) is 9.07. The van der Waals surface area contributed by atoms with Crippen LogP contribution in [0.1, 0.15) is 6.42 Å². The molecule has 1 aliphatic heterocycles. The normalized spacial score (nSPS) is 26.4. The quantitative estimate of drug-likeness (QED) is 0.681. The van der Waals surface area contributed by atoms with Gasteiger partial charge >= 0.3 is 0 Å². The molecule has 1 fully saturated rings. The van der Waals surface area contributed by atoms with Crippen molar-refractivity contribution in [1.82, 2.24) is 0 Å². The van der Waals surface area contributed by atoms with E-state index in [4.69, 9.17) is 0 Å². The molecule has 2 rings (SSSR count). The van der Waals surface area contributed by atoms with Crippen molar-refractivity contribution >= 4 is 29.8 Å². The summed E-state index contributed by atoms with van der Waals surface area (Å²) in [6.07, 6.45) is -0.495. The molecule has 1 aromatic rings. The van der Waals surface area contributed by atoms with Gasteiger partial charge in [0.2, 0.25) is 0 Å². The molecule has 1 aliphatic rings. The minimum absolute atomic E-state index is 0.316. The van der Waals surface area contributed by atoms with Gasteiger partial charge in [0.15, 0.2) is 24.3 Å². The van der Waals surface area contributed by atoms with E-state index in [1.807, 2.05) is 0 Å². The lowest BCUT2D eigenvalue weighted by Gasteiger charge is -2.21. The second kappa shape index (κ2) is 4.79. The van der Waals surface area contributed by atoms with Crippen LogP contribution in [0.15, 0.2) is 35.2 Å². The molecule has 0 radical (unpaired) electrons. The van der Waals surface area contributed by atoms with Crippen LogP contribution in [-0.2, 0) is 29.8 Å². The van der Waals surface area contributed by atoms with E-state index in [1.165, 1.54) is 18.2 Å². The molecule has 0 amide bonds. The van der Waals surface area contributed by atoms with Crippen molar-refractivity contribution in [2.75, 3.05) is 5.75 Å². The standard InChI is InChI=1S/C10H12O7S3/c11-18(12)7-6-9(20(15,16)17)10(18)19(13,14)8-4-2-1-3-5-8/h1-5,9-10H,6-7H2,(H,15,16,17)/p-1/t9-,10-/m1/s1. The molecule has 0 bridgehead atoms. The summed E-state index contributed by atoms with van der Waals surface area (Å²) in [7, 11) is -13.7. The predicted molar refractivity (Wildman–Crippen MR) is 69.3 cm³/mol. The van der Waals surface area contributed by atoms with E-state index in [1.54, 1.807) is 0 Å². The third kappa shape index (κ3) is 2.60. The minimum Gasteiger partial charge on any atom is -0.748 e. The molecule has 0 unspecified atom stereocenters. The van der Waals surface area contributed by atoms with E-state index < -0.39 is 51.8 Å². The van der Waals surface area contributed by atoms with Crippen LogP contribution in [0.25, 0.3) is 0 Å². The Hall–Kier alpha value is -0.970. The van der Waals surface area contributed by atoms with Crippen LogP contribution in [0.4, 0.5) is 0 Å². The fraction of sp³-hybridized carbons (Fsp3) is 0.400. The van der Waals surface area contributed by atoms with Crippen molar-refractivity contribution in [2.45, 2.75) is 21.1 Å². The van der Waals surface area contributed by atoms with Crippen LogP contribution in [0.2, 0.25) is 0 Å². The van der Waals surface area contributed by atoms with Gasteiger partial charge in [0.1, 0.15) is 0 Å². The molecule has 0 aliphatic carbocycles. The van der Waals surface area contributed by atoms with Gasteiger partial charge < -0.3 is 4.55 Å². The van der Waals surface area contributed by atoms with Gasteiger partial charge in [0, 0.05) is 0 Å². The number of hydrogen-bond acceptors (Lipinski definition) is 7. The first-order valence-electron chi connectivity index (χ1n) is 5.52. The summed E-state index contributed by atoms with van der Waals surface area (Å²) in [5.74, 6) is -0.629. The van der Waals surface area contributed by atoms with Crippen molar-refractivity contribution in [3.63, 3.8) is 0 Å². The van der Waals surface area contributed by atoms with Gasteiger partial charge in [-0.05, 0) is 18.6 Å². The third-order valence-corrected chi connectivity index (χ3v) is 10.0. The van der Waals surface area contributed by atoms with E-state index in [-0.39, 0.29) is 4.90 Å². The monoisotopic (exact) mass is 339 g/mol. The summed E-state index contributed by atoms with van der Waals surface area (Å²) in [5.41, 5.74) is 0. The first-order valence-corrected chi connectivity index (χ1v) is 10.3. The first kappa shape index (κ1) is 15.4. The van der Waals surface area contributed by atoms with Crippen molar-refractivity contribution in [3.8, 4) is 0 Å². The zero-order chi connectivity index (χ0) is 15.2. The number of sulfone groups is 2. The largest absolute Gasteiger partial charge is 0.748 e. The van der Waals surface area contributed by atoms with Crippen LogP contribution in [-0.4, -0.2) is 45.4 Å². The zero-order valence-corrected chi connectivity index (χ0v) is 12.5. The van der Waals surface area contributed by atoms with Crippen LogP contribution >= 0.6 is 0 Å². The summed E-state index contributed by atoms with van der Waals surface area (Å²) in [5, 5.41) is -1.96. The van der Waals surface area contributed by atoms with Crippen molar-refractivity contribution in [1.29, 1.82) is 0 Å². The molecule has 112 valence electrons. The Balaban J connectivity index is 2.64. The van der Waals surface area contributed by atoms with Crippen molar-refractivity contribution < 1.29 is 29.8 Å². The van der Waals surface area contributed by atoms with Gasteiger partial charge in [-0.15, -0.1) is 0 Å². The zero-order valence-electron chi connectivity index (χ0n) is 10.0. The average molecular weight is 339 g/mol. The molecule has 7 nitrogen and oxygen atoms in total. The van der Waals surface area contributed by atoms with Gasteiger partial charge in [-0.3, -0.25) is 0 Å². The minimum atomic E-state index is -5.02. The maximum Gasteiger partial charge on any atom is 0.196 e. The van der Waals surface area contributed by atoms with Crippen molar-refractivity contribution in [3.05, 3.63) is 30.3 Å². The maximum absolute atomic E-state index is 12.3. The van der Waals surface area contributed by atoms with Gasteiger partial charge in [-0.25, -0.2) is 25.3 Å². The lowest BCUT2D eigenvalue weighted by molar-refractivity contribution is 0.448. The lowest BCUT2D eigenvalue weighted by Crippen LogP contribution is -2.39.